The van der Waals surface area contributed by atoms with E-state index in [1.54, 1.807) is 0 Å². The molecule has 0 saturated carbocycles. The van der Waals surface area contributed by atoms with E-state index in [2.05, 4.69) is 31.2 Å². The second kappa shape index (κ2) is 11.5. The van der Waals surface area contributed by atoms with Gasteiger partial charge in [0.2, 0.25) is 5.89 Å². The number of fused-ring (bicyclic) bond motifs is 1. The van der Waals surface area contributed by atoms with Crippen LogP contribution in [0.1, 0.15) is 53.7 Å². The van der Waals surface area contributed by atoms with Crippen molar-refractivity contribution < 1.29 is 36.4 Å². The Labute approximate surface area is 209 Å². The fraction of sp³-hybridized carbons (Fsp3) is 0.400. The van der Waals surface area contributed by atoms with Gasteiger partial charge in [0.05, 0.1) is 6.42 Å². The first-order valence-corrected chi connectivity index (χ1v) is 11.8. The van der Waals surface area contributed by atoms with E-state index in [9.17, 15) is 27.2 Å². The molecule has 0 fully saturated rings. The first-order chi connectivity index (χ1) is 17.7. The van der Waals surface area contributed by atoms with Gasteiger partial charge in [-0.25, -0.2) is 14.2 Å². The molecular weight excluding hydrogens is 496 g/mol. The highest BCUT2D eigenvalue weighted by Gasteiger charge is 2.42. The number of rotatable bonds is 9. The molecule has 1 aromatic carbocycles. The summed E-state index contributed by atoms with van der Waals surface area (Å²) >= 11 is 0. The second-order valence-electron chi connectivity index (χ2n) is 8.71. The molecule has 3 heterocycles. The number of benzene rings is 1. The van der Waals surface area contributed by atoms with E-state index in [0.29, 0.717) is 30.7 Å². The molecule has 0 bridgehead atoms. The lowest BCUT2D eigenvalue weighted by molar-refractivity contribution is -0.202. The Kier molecular flexibility index (Phi) is 8.14. The zero-order chi connectivity index (χ0) is 26.4. The maximum Gasteiger partial charge on any atom is 0.491 e. The highest BCUT2D eigenvalue weighted by atomic mass is 19.4. The molecule has 8 nitrogen and oxygen atoms in total. The first-order valence-electron chi connectivity index (χ1n) is 11.8. The Bertz CT molecular complexity index is 1240. The molecule has 3 aromatic rings. The standard InChI is InChI=1S/C25H24F4N4O4/c26-18-9-6-15(7-10-18)17(14-22(34)36-24(35)25(27,28)29)13-21-32-20(33-37-21)5-1-4-19-11-8-16-3-2-12-30-23(16)31-19/h6-11,17H,1-5,12-14H2,(H,30,31). The minimum atomic E-state index is -5.30. The van der Waals surface area contributed by atoms with Crippen LogP contribution in [0.3, 0.4) is 0 Å². The van der Waals surface area contributed by atoms with Crippen LogP contribution in [0.15, 0.2) is 40.9 Å². The third kappa shape index (κ3) is 7.34. The van der Waals surface area contributed by atoms with Gasteiger partial charge in [-0.05, 0) is 55.0 Å². The number of ether oxygens (including phenoxy) is 1. The summed E-state index contributed by atoms with van der Waals surface area (Å²) in [4.78, 5) is 32.0. The molecular formula is C25H24F4N4O4. The number of aryl methyl sites for hydroxylation is 3. The van der Waals surface area contributed by atoms with Crippen LogP contribution in [0.4, 0.5) is 23.4 Å². The van der Waals surface area contributed by atoms with Gasteiger partial charge in [0.1, 0.15) is 11.6 Å². The van der Waals surface area contributed by atoms with Gasteiger partial charge in [-0.1, -0.05) is 23.4 Å². The number of nitrogens with one attached hydrogen (secondary N) is 1. The number of anilines is 1. The van der Waals surface area contributed by atoms with Crippen molar-refractivity contribution in [2.75, 3.05) is 11.9 Å². The molecule has 0 amide bonds. The van der Waals surface area contributed by atoms with Crippen LogP contribution in [0.2, 0.25) is 0 Å². The lowest BCUT2D eigenvalue weighted by atomic mass is 9.92. The van der Waals surface area contributed by atoms with Gasteiger partial charge in [-0.15, -0.1) is 0 Å². The van der Waals surface area contributed by atoms with Gasteiger partial charge in [0, 0.05) is 31.0 Å². The zero-order valence-corrected chi connectivity index (χ0v) is 19.7. The average molecular weight is 520 g/mol. The van der Waals surface area contributed by atoms with E-state index in [4.69, 9.17) is 4.52 Å². The minimum absolute atomic E-state index is 0.0218. The fourth-order valence-electron chi connectivity index (χ4n) is 4.07. The third-order valence-electron chi connectivity index (χ3n) is 5.91. The first kappa shape index (κ1) is 26.2. The van der Waals surface area contributed by atoms with Crippen LogP contribution in [0.25, 0.3) is 0 Å². The number of esters is 2. The van der Waals surface area contributed by atoms with Crippen LogP contribution in [0.5, 0.6) is 0 Å². The number of alkyl halides is 3. The molecule has 0 radical (unpaired) electrons. The molecule has 1 aliphatic rings. The van der Waals surface area contributed by atoms with Crippen molar-refractivity contribution in [3.8, 4) is 0 Å². The van der Waals surface area contributed by atoms with E-state index in [-0.39, 0.29) is 12.3 Å². The van der Waals surface area contributed by atoms with Crippen molar-refractivity contribution >= 4 is 17.8 Å². The van der Waals surface area contributed by atoms with Crippen molar-refractivity contribution in [1.29, 1.82) is 0 Å². The summed E-state index contributed by atoms with van der Waals surface area (Å²) in [5.41, 5.74) is 2.59. The summed E-state index contributed by atoms with van der Waals surface area (Å²) in [7, 11) is 0. The summed E-state index contributed by atoms with van der Waals surface area (Å²) in [6.07, 6.45) is -1.89. The molecule has 0 spiro atoms. The van der Waals surface area contributed by atoms with Gasteiger partial charge in [-0.3, -0.25) is 4.79 Å². The highest BCUT2D eigenvalue weighted by Crippen LogP contribution is 2.26. The van der Waals surface area contributed by atoms with Gasteiger partial charge in [0.15, 0.2) is 5.82 Å². The van der Waals surface area contributed by atoms with E-state index >= 15 is 0 Å². The van der Waals surface area contributed by atoms with Crippen molar-refractivity contribution in [2.24, 2.45) is 0 Å². The molecule has 4 rings (SSSR count). The third-order valence-corrected chi connectivity index (χ3v) is 5.91. The van der Waals surface area contributed by atoms with Crippen LogP contribution >= 0.6 is 0 Å². The quantitative estimate of drug-likeness (QED) is 0.250. The Morgan fingerprint density at radius 2 is 1.86 bits per heavy atom. The zero-order valence-electron chi connectivity index (χ0n) is 19.7. The maximum absolute atomic E-state index is 13.4. The predicted octanol–water partition coefficient (Wildman–Crippen LogP) is 4.49. The van der Waals surface area contributed by atoms with Gasteiger partial charge in [-0.2, -0.15) is 18.2 Å². The number of halogens is 4. The molecule has 0 saturated heterocycles. The Morgan fingerprint density at radius 3 is 2.62 bits per heavy atom. The maximum atomic E-state index is 13.4. The molecule has 37 heavy (non-hydrogen) atoms. The molecule has 1 atom stereocenters. The molecule has 0 aliphatic carbocycles. The number of pyridine rings is 1. The van der Waals surface area contributed by atoms with Crippen LogP contribution in [-0.2, 0) is 40.0 Å². The number of hydrogen-bond acceptors (Lipinski definition) is 8. The van der Waals surface area contributed by atoms with E-state index in [1.807, 2.05) is 6.07 Å². The molecule has 1 aliphatic heterocycles. The lowest BCUT2D eigenvalue weighted by Crippen LogP contribution is -2.28. The minimum Gasteiger partial charge on any atom is -0.386 e. The number of hydrogen-bond donors (Lipinski definition) is 1. The summed E-state index contributed by atoms with van der Waals surface area (Å²) in [5.74, 6) is -3.78. The molecule has 196 valence electrons. The largest absolute Gasteiger partial charge is 0.491 e. The Morgan fingerprint density at radius 1 is 1.08 bits per heavy atom. The summed E-state index contributed by atoms with van der Waals surface area (Å²) in [6.45, 7) is 0.907. The topological polar surface area (TPSA) is 107 Å². The van der Waals surface area contributed by atoms with Crippen LogP contribution in [-0.4, -0.2) is 39.8 Å². The van der Waals surface area contributed by atoms with Gasteiger partial charge >= 0.3 is 18.1 Å². The number of aromatic nitrogens is 3. The van der Waals surface area contributed by atoms with E-state index < -0.39 is 36.3 Å². The predicted molar refractivity (Wildman–Crippen MR) is 122 cm³/mol. The summed E-state index contributed by atoms with van der Waals surface area (Å²) in [6, 6.07) is 9.16. The smallest absolute Gasteiger partial charge is 0.386 e. The van der Waals surface area contributed by atoms with Gasteiger partial charge in [0.25, 0.3) is 0 Å². The molecule has 1 unspecified atom stereocenters. The Balaban J connectivity index is 1.36. The van der Waals surface area contributed by atoms with Crippen LogP contribution < -0.4 is 5.32 Å². The SMILES string of the molecule is O=C(CC(Cc1nc(CCCc2ccc3c(n2)NCCC3)no1)c1ccc(F)cc1)OC(=O)C(F)(F)F. The fourth-order valence-corrected chi connectivity index (χ4v) is 4.07. The Hall–Kier alpha value is -3.83. The lowest BCUT2D eigenvalue weighted by Gasteiger charge is -2.17. The molecule has 1 N–H and O–H groups in total. The molecule has 12 heteroatoms. The normalized spacial score (nSPS) is 13.9. The summed E-state index contributed by atoms with van der Waals surface area (Å²) < 4.78 is 59.9. The average Bonchev–Trinajstić information content (AvgIpc) is 3.30. The highest BCUT2D eigenvalue weighted by molar-refractivity contribution is 5.88. The monoisotopic (exact) mass is 520 g/mol. The van der Waals surface area contributed by atoms with Crippen molar-refractivity contribution in [1.82, 2.24) is 15.1 Å². The second-order valence-corrected chi connectivity index (χ2v) is 8.71. The van der Waals surface area contributed by atoms with Crippen molar-refractivity contribution in [2.45, 2.75) is 57.0 Å². The van der Waals surface area contributed by atoms with Crippen molar-refractivity contribution in [3.05, 3.63) is 70.8 Å². The number of carbonyl (C=O) groups excluding carboxylic acids is 2. The van der Waals surface area contributed by atoms with Crippen LogP contribution in [0, 0.1) is 5.82 Å². The van der Waals surface area contributed by atoms with Crippen molar-refractivity contribution in [3.63, 3.8) is 0 Å². The molecule has 2 aromatic heterocycles. The van der Waals surface area contributed by atoms with Gasteiger partial charge < -0.3 is 14.6 Å². The summed E-state index contributed by atoms with van der Waals surface area (Å²) in [5, 5.41) is 7.24. The van der Waals surface area contributed by atoms with E-state index in [1.165, 1.54) is 17.7 Å². The number of carbonyl (C=O) groups is 2. The van der Waals surface area contributed by atoms with E-state index in [0.717, 1.165) is 43.0 Å². The number of nitrogens with zero attached hydrogens (tertiary/aromatic N) is 3.